The SMILES string of the molecule is CC(C)CC(NC(=O)C(NC(=O)C(C)NC(=O)C(N)CCCN=C(N)N)C(C)C)C(=O)O. The van der Waals surface area contributed by atoms with Crippen molar-refractivity contribution in [1.82, 2.24) is 16.0 Å². The minimum Gasteiger partial charge on any atom is -0.480 e. The summed E-state index contributed by atoms with van der Waals surface area (Å²) in [5, 5.41) is 16.9. The Labute approximate surface area is 189 Å². The molecule has 10 N–H and O–H groups in total. The van der Waals surface area contributed by atoms with Crippen molar-refractivity contribution in [3.63, 3.8) is 0 Å². The zero-order chi connectivity index (χ0) is 25.0. The summed E-state index contributed by atoms with van der Waals surface area (Å²) in [6.45, 7) is 8.93. The van der Waals surface area contributed by atoms with Crippen LogP contribution in [0.15, 0.2) is 4.99 Å². The predicted octanol–water partition coefficient (Wildman–Crippen LogP) is -1.37. The van der Waals surface area contributed by atoms with Gasteiger partial charge in [0.1, 0.15) is 18.1 Å². The van der Waals surface area contributed by atoms with Gasteiger partial charge in [-0.3, -0.25) is 19.4 Å². The first-order chi connectivity index (χ1) is 14.8. The fraction of sp³-hybridized carbons (Fsp3) is 0.750. The first kappa shape index (κ1) is 29.1. The lowest BCUT2D eigenvalue weighted by atomic mass is 10.00. The highest BCUT2D eigenvalue weighted by molar-refractivity contribution is 5.94. The van der Waals surface area contributed by atoms with Crippen LogP contribution in [0, 0.1) is 11.8 Å². The summed E-state index contributed by atoms with van der Waals surface area (Å²) in [5.74, 6) is -3.15. The van der Waals surface area contributed by atoms with E-state index in [9.17, 15) is 24.3 Å². The molecule has 0 saturated heterocycles. The smallest absolute Gasteiger partial charge is 0.326 e. The molecule has 0 aliphatic carbocycles. The van der Waals surface area contributed by atoms with Gasteiger partial charge in [-0.1, -0.05) is 27.7 Å². The molecule has 0 heterocycles. The van der Waals surface area contributed by atoms with Crippen LogP contribution < -0.4 is 33.2 Å². The van der Waals surface area contributed by atoms with E-state index in [1.807, 2.05) is 13.8 Å². The van der Waals surface area contributed by atoms with Crippen molar-refractivity contribution in [3.8, 4) is 0 Å². The molecule has 12 nitrogen and oxygen atoms in total. The third kappa shape index (κ3) is 11.5. The number of aliphatic carboxylic acids is 1. The molecule has 0 aromatic rings. The van der Waals surface area contributed by atoms with Gasteiger partial charge in [0, 0.05) is 6.54 Å². The van der Waals surface area contributed by atoms with Crippen molar-refractivity contribution in [1.29, 1.82) is 0 Å². The molecular weight excluding hydrogens is 418 g/mol. The monoisotopic (exact) mass is 457 g/mol. The van der Waals surface area contributed by atoms with Gasteiger partial charge in [0.05, 0.1) is 6.04 Å². The van der Waals surface area contributed by atoms with Gasteiger partial charge >= 0.3 is 5.97 Å². The molecule has 0 spiro atoms. The van der Waals surface area contributed by atoms with Gasteiger partial charge in [0.15, 0.2) is 5.96 Å². The molecule has 0 fully saturated rings. The number of rotatable bonds is 14. The molecule has 4 atom stereocenters. The number of hydrogen-bond donors (Lipinski definition) is 7. The first-order valence-corrected chi connectivity index (χ1v) is 10.7. The molecule has 184 valence electrons. The third-order valence-electron chi connectivity index (χ3n) is 4.63. The highest BCUT2D eigenvalue weighted by Crippen LogP contribution is 2.08. The maximum atomic E-state index is 12.6. The van der Waals surface area contributed by atoms with Gasteiger partial charge in [-0.2, -0.15) is 0 Å². The second kappa shape index (κ2) is 14.2. The van der Waals surface area contributed by atoms with E-state index in [1.165, 1.54) is 6.92 Å². The largest absolute Gasteiger partial charge is 0.480 e. The minimum absolute atomic E-state index is 0.0454. The maximum absolute atomic E-state index is 12.6. The number of carboxylic acids is 1. The summed E-state index contributed by atoms with van der Waals surface area (Å²) in [6.07, 6.45) is 1.07. The van der Waals surface area contributed by atoms with Crippen LogP contribution in [-0.4, -0.2) is 65.5 Å². The molecule has 0 saturated carbocycles. The summed E-state index contributed by atoms with van der Waals surface area (Å²) in [7, 11) is 0. The maximum Gasteiger partial charge on any atom is 0.326 e. The standard InChI is InChI=1S/C20H39N7O5/c1-10(2)9-14(19(31)32)26-18(30)15(11(3)4)27-16(28)12(5)25-17(29)13(21)7-6-8-24-20(22)23/h10-15H,6-9,21H2,1-5H3,(H,25,29)(H,26,30)(H,27,28)(H,31,32)(H4,22,23,24). The number of hydrogen-bond acceptors (Lipinski definition) is 6. The zero-order valence-corrected chi connectivity index (χ0v) is 19.6. The van der Waals surface area contributed by atoms with Crippen LogP contribution in [0.1, 0.15) is 53.9 Å². The Balaban J connectivity index is 4.89. The average molecular weight is 458 g/mol. The number of nitrogens with two attached hydrogens (primary N) is 3. The Morgan fingerprint density at radius 1 is 0.906 bits per heavy atom. The average Bonchev–Trinajstić information content (AvgIpc) is 2.67. The summed E-state index contributed by atoms with van der Waals surface area (Å²) in [4.78, 5) is 52.6. The number of guanidine groups is 1. The van der Waals surface area contributed by atoms with Crippen molar-refractivity contribution in [3.05, 3.63) is 0 Å². The topological polar surface area (TPSA) is 215 Å². The second-order valence-corrected chi connectivity index (χ2v) is 8.54. The Bertz CT molecular complexity index is 677. The predicted molar refractivity (Wildman–Crippen MR) is 121 cm³/mol. The van der Waals surface area contributed by atoms with E-state index in [0.717, 1.165) is 0 Å². The first-order valence-electron chi connectivity index (χ1n) is 10.7. The number of nitrogens with one attached hydrogen (secondary N) is 3. The Hall–Kier alpha value is -2.89. The van der Waals surface area contributed by atoms with Crippen molar-refractivity contribution >= 4 is 29.7 Å². The fourth-order valence-electron chi connectivity index (χ4n) is 2.80. The van der Waals surface area contributed by atoms with Gasteiger partial charge in [-0.25, -0.2) is 4.79 Å². The van der Waals surface area contributed by atoms with E-state index in [4.69, 9.17) is 17.2 Å². The van der Waals surface area contributed by atoms with Gasteiger partial charge in [0.25, 0.3) is 0 Å². The minimum atomic E-state index is -1.14. The normalized spacial score (nSPS) is 14.8. The van der Waals surface area contributed by atoms with E-state index in [1.54, 1.807) is 13.8 Å². The molecule has 0 aromatic carbocycles. The number of amides is 3. The summed E-state index contributed by atoms with van der Waals surface area (Å²) in [5.41, 5.74) is 16.3. The number of aliphatic imine (C=N–C) groups is 1. The number of carbonyl (C=O) groups is 4. The van der Waals surface area contributed by atoms with Crippen LogP contribution in [-0.2, 0) is 19.2 Å². The number of carboxylic acid groups (broad SMARTS) is 1. The van der Waals surface area contributed by atoms with Gasteiger partial charge in [0.2, 0.25) is 17.7 Å². The van der Waals surface area contributed by atoms with Crippen molar-refractivity contribution in [2.45, 2.75) is 78.0 Å². The molecular formula is C20H39N7O5. The van der Waals surface area contributed by atoms with Gasteiger partial charge in [-0.15, -0.1) is 0 Å². The zero-order valence-electron chi connectivity index (χ0n) is 19.6. The van der Waals surface area contributed by atoms with Crippen LogP contribution in [0.3, 0.4) is 0 Å². The number of nitrogens with zero attached hydrogens (tertiary/aromatic N) is 1. The quantitative estimate of drug-likeness (QED) is 0.0935. The van der Waals surface area contributed by atoms with E-state index >= 15 is 0 Å². The number of carbonyl (C=O) groups excluding carboxylic acids is 3. The van der Waals surface area contributed by atoms with Crippen LogP contribution in [0.2, 0.25) is 0 Å². The van der Waals surface area contributed by atoms with E-state index in [-0.39, 0.29) is 24.2 Å². The molecule has 32 heavy (non-hydrogen) atoms. The lowest BCUT2D eigenvalue weighted by Gasteiger charge is -2.26. The molecule has 0 bridgehead atoms. The molecule has 3 amide bonds. The lowest BCUT2D eigenvalue weighted by Crippen LogP contribution is -2.57. The van der Waals surface area contributed by atoms with E-state index in [0.29, 0.717) is 19.4 Å². The Morgan fingerprint density at radius 2 is 1.50 bits per heavy atom. The molecule has 12 heteroatoms. The molecule has 4 unspecified atom stereocenters. The summed E-state index contributed by atoms with van der Waals surface area (Å²) in [6, 6.07) is -3.83. The summed E-state index contributed by atoms with van der Waals surface area (Å²) < 4.78 is 0. The fourth-order valence-corrected chi connectivity index (χ4v) is 2.80. The van der Waals surface area contributed by atoms with Crippen molar-refractivity contribution < 1.29 is 24.3 Å². The highest BCUT2D eigenvalue weighted by Gasteiger charge is 2.30. The van der Waals surface area contributed by atoms with Crippen LogP contribution >= 0.6 is 0 Å². The third-order valence-corrected chi connectivity index (χ3v) is 4.63. The van der Waals surface area contributed by atoms with Crippen LogP contribution in [0.5, 0.6) is 0 Å². The van der Waals surface area contributed by atoms with E-state index < -0.39 is 47.9 Å². The van der Waals surface area contributed by atoms with Crippen LogP contribution in [0.4, 0.5) is 0 Å². The molecule has 0 aliphatic rings. The highest BCUT2D eigenvalue weighted by atomic mass is 16.4. The molecule has 0 aliphatic heterocycles. The van der Waals surface area contributed by atoms with Crippen LogP contribution in [0.25, 0.3) is 0 Å². The molecule has 0 aromatic heterocycles. The Morgan fingerprint density at radius 3 is 1.97 bits per heavy atom. The molecule has 0 radical (unpaired) electrons. The molecule has 0 rings (SSSR count). The lowest BCUT2D eigenvalue weighted by molar-refractivity contribution is -0.143. The summed E-state index contributed by atoms with van der Waals surface area (Å²) >= 11 is 0. The van der Waals surface area contributed by atoms with Gasteiger partial charge in [-0.05, 0) is 38.0 Å². The second-order valence-electron chi connectivity index (χ2n) is 8.54. The van der Waals surface area contributed by atoms with Gasteiger partial charge < -0.3 is 38.3 Å². The van der Waals surface area contributed by atoms with Crippen molar-refractivity contribution in [2.24, 2.45) is 34.0 Å². The van der Waals surface area contributed by atoms with Crippen molar-refractivity contribution in [2.75, 3.05) is 6.54 Å². The Kier molecular flexibility index (Phi) is 12.9. The van der Waals surface area contributed by atoms with E-state index in [2.05, 4.69) is 20.9 Å².